The molecule has 102 valence electrons. The molecule has 3 aromatic rings. The van der Waals surface area contributed by atoms with Crippen LogP contribution in [0.4, 0.5) is 0 Å². The number of aryl methyl sites for hydroxylation is 1. The van der Waals surface area contributed by atoms with Crippen LogP contribution in [-0.4, -0.2) is 16.1 Å². The van der Waals surface area contributed by atoms with Gasteiger partial charge < -0.3 is 4.74 Å². The van der Waals surface area contributed by atoms with E-state index in [0.717, 1.165) is 28.5 Å². The highest BCUT2D eigenvalue weighted by atomic mass is 16.5. The molecule has 2 aromatic carbocycles. The Morgan fingerprint density at radius 1 is 1.05 bits per heavy atom. The molecule has 1 heterocycles. The van der Waals surface area contributed by atoms with E-state index in [1.54, 1.807) is 0 Å². The van der Waals surface area contributed by atoms with Gasteiger partial charge in [-0.25, -0.2) is 9.97 Å². The first-order chi connectivity index (χ1) is 9.69. The minimum Gasteiger partial charge on any atom is -0.474 e. The molecule has 0 spiro atoms. The predicted molar refractivity (Wildman–Crippen MR) is 82.2 cm³/mol. The summed E-state index contributed by atoms with van der Waals surface area (Å²) in [4.78, 5) is 9.44. The van der Waals surface area contributed by atoms with Crippen LogP contribution in [0.5, 0.6) is 5.88 Å². The van der Waals surface area contributed by atoms with Crippen molar-refractivity contribution in [2.75, 3.05) is 0 Å². The number of fused-ring (bicyclic) bond motifs is 3. The standard InChI is InChI=1S/C17H18N2O/c1-4-14-17(20-11(2)3)19-15-10-9-12-7-5-6-8-13(12)16(15)18-14/h5-11H,4H2,1-3H3. The lowest BCUT2D eigenvalue weighted by Gasteiger charge is -2.13. The Labute approximate surface area is 118 Å². The molecule has 0 aliphatic heterocycles. The highest BCUT2D eigenvalue weighted by molar-refractivity contribution is 6.03. The number of nitrogens with zero attached hydrogens (tertiary/aromatic N) is 2. The van der Waals surface area contributed by atoms with Gasteiger partial charge in [0.15, 0.2) is 0 Å². The summed E-state index contributed by atoms with van der Waals surface area (Å²) in [5.41, 5.74) is 2.76. The van der Waals surface area contributed by atoms with Crippen LogP contribution in [0.3, 0.4) is 0 Å². The second-order valence-electron chi connectivity index (χ2n) is 5.15. The molecule has 1 aromatic heterocycles. The lowest BCUT2D eigenvalue weighted by Crippen LogP contribution is -2.10. The zero-order chi connectivity index (χ0) is 14.1. The lowest BCUT2D eigenvalue weighted by molar-refractivity contribution is 0.230. The van der Waals surface area contributed by atoms with E-state index in [2.05, 4.69) is 30.1 Å². The normalized spacial score (nSPS) is 11.4. The summed E-state index contributed by atoms with van der Waals surface area (Å²) in [6.07, 6.45) is 0.918. The Morgan fingerprint density at radius 3 is 2.60 bits per heavy atom. The predicted octanol–water partition coefficient (Wildman–Crippen LogP) is 4.13. The summed E-state index contributed by atoms with van der Waals surface area (Å²) in [6.45, 7) is 6.09. The van der Waals surface area contributed by atoms with Crippen LogP contribution >= 0.6 is 0 Å². The molecule has 3 heteroatoms. The molecule has 3 rings (SSSR count). The van der Waals surface area contributed by atoms with Crippen LogP contribution in [0.1, 0.15) is 26.5 Å². The van der Waals surface area contributed by atoms with Crippen molar-refractivity contribution in [3.63, 3.8) is 0 Å². The SMILES string of the molecule is CCc1nc2c(ccc3ccccc32)nc1OC(C)C. The first kappa shape index (κ1) is 12.9. The molecule has 0 bridgehead atoms. The quantitative estimate of drug-likeness (QED) is 0.668. The smallest absolute Gasteiger partial charge is 0.236 e. The van der Waals surface area contributed by atoms with Crippen LogP contribution in [0.2, 0.25) is 0 Å². The van der Waals surface area contributed by atoms with Gasteiger partial charge in [0, 0.05) is 5.39 Å². The highest BCUT2D eigenvalue weighted by Crippen LogP contribution is 2.26. The van der Waals surface area contributed by atoms with Crippen LogP contribution in [0, 0.1) is 0 Å². The molecule has 0 atom stereocenters. The fraction of sp³-hybridized carbons (Fsp3) is 0.294. The molecule has 0 amide bonds. The van der Waals surface area contributed by atoms with Crippen molar-refractivity contribution in [1.82, 2.24) is 9.97 Å². The van der Waals surface area contributed by atoms with E-state index in [9.17, 15) is 0 Å². The topological polar surface area (TPSA) is 35.0 Å². The summed E-state index contributed by atoms with van der Waals surface area (Å²) in [5.74, 6) is 0.658. The molecule has 0 saturated heterocycles. The fourth-order valence-electron chi connectivity index (χ4n) is 2.36. The van der Waals surface area contributed by atoms with Crippen LogP contribution in [-0.2, 0) is 6.42 Å². The Morgan fingerprint density at radius 2 is 1.85 bits per heavy atom. The Balaban J connectivity index is 2.29. The van der Waals surface area contributed by atoms with Gasteiger partial charge in [-0.3, -0.25) is 0 Å². The van der Waals surface area contributed by atoms with Gasteiger partial charge in [0.05, 0.1) is 17.1 Å². The van der Waals surface area contributed by atoms with Crippen molar-refractivity contribution in [2.24, 2.45) is 0 Å². The maximum atomic E-state index is 5.78. The molecule has 20 heavy (non-hydrogen) atoms. The minimum atomic E-state index is 0.104. The summed E-state index contributed by atoms with van der Waals surface area (Å²) < 4.78 is 5.78. The number of rotatable bonds is 3. The van der Waals surface area contributed by atoms with Gasteiger partial charge in [-0.15, -0.1) is 0 Å². The van der Waals surface area contributed by atoms with E-state index in [1.807, 2.05) is 32.0 Å². The molecule has 0 unspecified atom stereocenters. The van der Waals surface area contributed by atoms with Gasteiger partial charge in [-0.1, -0.05) is 37.3 Å². The van der Waals surface area contributed by atoms with Gasteiger partial charge in [0.1, 0.15) is 5.69 Å². The van der Waals surface area contributed by atoms with E-state index < -0.39 is 0 Å². The minimum absolute atomic E-state index is 0.104. The number of aromatic nitrogens is 2. The Kier molecular flexibility index (Phi) is 3.26. The first-order valence-corrected chi connectivity index (χ1v) is 7.04. The summed E-state index contributed by atoms with van der Waals surface area (Å²) in [5, 5.41) is 2.33. The molecule has 0 N–H and O–H groups in total. The largest absolute Gasteiger partial charge is 0.474 e. The number of ether oxygens (including phenoxy) is 1. The molecular formula is C17H18N2O. The Hall–Kier alpha value is -2.16. The van der Waals surface area contributed by atoms with Gasteiger partial charge in [-0.2, -0.15) is 0 Å². The Bertz CT molecular complexity index is 765. The van der Waals surface area contributed by atoms with Crippen LogP contribution in [0.25, 0.3) is 21.8 Å². The van der Waals surface area contributed by atoms with Crippen molar-refractivity contribution < 1.29 is 4.74 Å². The maximum absolute atomic E-state index is 5.78. The average Bonchev–Trinajstić information content (AvgIpc) is 2.45. The van der Waals surface area contributed by atoms with E-state index in [0.29, 0.717) is 5.88 Å². The third kappa shape index (κ3) is 2.20. The van der Waals surface area contributed by atoms with Gasteiger partial charge in [-0.05, 0) is 31.7 Å². The van der Waals surface area contributed by atoms with Gasteiger partial charge in [0.2, 0.25) is 5.88 Å². The summed E-state index contributed by atoms with van der Waals surface area (Å²) in [7, 11) is 0. The zero-order valence-corrected chi connectivity index (χ0v) is 12.1. The van der Waals surface area contributed by atoms with Crippen molar-refractivity contribution in [3.8, 4) is 5.88 Å². The molecule has 0 aliphatic rings. The second-order valence-corrected chi connectivity index (χ2v) is 5.15. The molecule has 0 aliphatic carbocycles. The van der Waals surface area contributed by atoms with Gasteiger partial charge >= 0.3 is 0 Å². The van der Waals surface area contributed by atoms with Crippen LogP contribution in [0.15, 0.2) is 36.4 Å². The molecule has 3 nitrogen and oxygen atoms in total. The van der Waals surface area contributed by atoms with Crippen molar-refractivity contribution in [2.45, 2.75) is 33.3 Å². The van der Waals surface area contributed by atoms with E-state index in [4.69, 9.17) is 9.72 Å². The van der Waals surface area contributed by atoms with Crippen molar-refractivity contribution in [3.05, 3.63) is 42.1 Å². The van der Waals surface area contributed by atoms with E-state index in [-0.39, 0.29) is 6.10 Å². The van der Waals surface area contributed by atoms with Crippen LogP contribution < -0.4 is 4.74 Å². The van der Waals surface area contributed by atoms with Crippen molar-refractivity contribution in [1.29, 1.82) is 0 Å². The summed E-state index contributed by atoms with van der Waals surface area (Å²) in [6, 6.07) is 12.4. The first-order valence-electron chi connectivity index (χ1n) is 7.04. The third-order valence-corrected chi connectivity index (χ3v) is 3.28. The monoisotopic (exact) mass is 266 g/mol. The summed E-state index contributed by atoms with van der Waals surface area (Å²) >= 11 is 0. The molecule has 0 saturated carbocycles. The molecule has 0 radical (unpaired) electrons. The van der Waals surface area contributed by atoms with Crippen molar-refractivity contribution >= 4 is 21.8 Å². The maximum Gasteiger partial charge on any atom is 0.236 e. The average molecular weight is 266 g/mol. The number of hydrogen-bond donors (Lipinski definition) is 0. The second kappa shape index (κ2) is 5.08. The fourth-order valence-corrected chi connectivity index (χ4v) is 2.36. The third-order valence-electron chi connectivity index (χ3n) is 3.28. The molecule has 0 fully saturated rings. The number of hydrogen-bond acceptors (Lipinski definition) is 3. The number of benzene rings is 2. The van der Waals surface area contributed by atoms with E-state index in [1.165, 1.54) is 5.39 Å². The molecular weight excluding hydrogens is 248 g/mol. The van der Waals surface area contributed by atoms with Gasteiger partial charge in [0.25, 0.3) is 0 Å². The lowest BCUT2D eigenvalue weighted by atomic mass is 10.1. The zero-order valence-electron chi connectivity index (χ0n) is 12.1. The van der Waals surface area contributed by atoms with E-state index >= 15 is 0 Å². The highest BCUT2D eigenvalue weighted by Gasteiger charge is 2.11.